The minimum Gasteiger partial charge on any atom is -0.462 e. The van der Waals surface area contributed by atoms with Crippen molar-refractivity contribution in [1.29, 1.82) is 0 Å². The van der Waals surface area contributed by atoms with Crippen LogP contribution < -0.4 is 10.6 Å². The van der Waals surface area contributed by atoms with Gasteiger partial charge in [0.05, 0.1) is 17.2 Å². The number of hydrogen-bond acceptors (Lipinski definition) is 4. The number of nitrogens with one attached hydrogen (secondary N) is 2. The van der Waals surface area contributed by atoms with Gasteiger partial charge < -0.3 is 15.4 Å². The van der Waals surface area contributed by atoms with E-state index >= 15 is 0 Å². The summed E-state index contributed by atoms with van der Waals surface area (Å²) in [4.78, 5) is 11.7. The Morgan fingerprint density at radius 2 is 2.00 bits per heavy atom. The molecule has 0 saturated heterocycles. The Labute approximate surface area is 168 Å². The zero-order chi connectivity index (χ0) is 18.8. The van der Waals surface area contributed by atoms with Gasteiger partial charge in [0, 0.05) is 23.7 Å². The zero-order valence-electron chi connectivity index (χ0n) is 14.5. The quantitative estimate of drug-likeness (QED) is 0.374. The Balaban J connectivity index is 1.72. The summed E-state index contributed by atoms with van der Waals surface area (Å²) >= 11 is 13.3. The van der Waals surface area contributed by atoms with Crippen LogP contribution >= 0.6 is 35.6 Å². The number of ether oxygens (including phenoxy) is 1. The van der Waals surface area contributed by atoms with Gasteiger partial charge in [-0.15, -0.1) is 0 Å². The minimum atomic E-state index is -0.430. The standard InChI is InChI=1S/C19H21ClN2O2S2/c1-2-24-18(23)16-9-8-15(12-17(16)20)22-19(25)21-10-11-26-13-14-6-4-3-5-7-14/h3-9,12H,2,10-11,13H2,1H3,(H2,21,22,25). The number of carbonyl (C=O) groups excluding carboxylic acids is 1. The van der Waals surface area contributed by atoms with E-state index < -0.39 is 5.97 Å². The Bertz CT molecular complexity index is 742. The smallest absolute Gasteiger partial charge is 0.339 e. The van der Waals surface area contributed by atoms with Crippen LogP contribution in [0, 0.1) is 0 Å². The molecule has 0 atom stereocenters. The molecule has 2 aromatic carbocycles. The maximum atomic E-state index is 11.7. The van der Waals surface area contributed by atoms with Crippen LogP contribution in [-0.4, -0.2) is 30.0 Å². The highest BCUT2D eigenvalue weighted by molar-refractivity contribution is 7.98. The largest absolute Gasteiger partial charge is 0.462 e. The number of anilines is 1. The third-order valence-electron chi connectivity index (χ3n) is 3.37. The van der Waals surface area contributed by atoms with Crippen LogP contribution in [0.15, 0.2) is 48.5 Å². The molecule has 0 bridgehead atoms. The second kappa shape index (κ2) is 11.1. The predicted octanol–water partition coefficient (Wildman–Crippen LogP) is 4.74. The van der Waals surface area contributed by atoms with Crippen LogP contribution in [0.5, 0.6) is 0 Å². The fourth-order valence-electron chi connectivity index (χ4n) is 2.14. The van der Waals surface area contributed by atoms with Gasteiger partial charge in [0.2, 0.25) is 0 Å². The molecular weight excluding hydrogens is 388 g/mol. The Hall–Kier alpha value is -1.76. The number of halogens is 1. The number of thiocarbonyl (C=S) groups is 1. The second-order valence-electron chi connectivity index (χ2n) is 5.33. The Morgan fingerprint density at radius 1 is 1.23 bits per heavy atom. The van der Waals surface area contributed by atoms with E-state index in [-0.39, 0.29) is 0 Å². The summed E-state index contributed by atoms with van der Waals surface area (Å²) in [6, 6.07) is 15.4. The Kier molecular flexibility index (Phi) is 8.74. The lowest BCUT2D eigenvalue weighted by atomic mass is 10.2. The van der Waals surface area contributed by atoms with E-state index in [4.69, 9.17) is 28.6 Å². The highest BCUT2D eigenvalue weighted by Gasteiger charge is 2.12. The topological polar surface area (TPSA) is 50.4 Å². The minimum absolute atomic E-state index is 0.311. The van der Waals surface area contributed by atoms with E-state index in [0.717, 1.165) is 23.7 Å². The molecule has 0 aliphatic heterocycles. The number of rotatable bonds is 8. The summed E-state index contributed by atoms with van der Waals surface area (Å²) in [6.07, 6.45) is 0. The lowest BCUT2D eigenvalue weighted by molar-refractivity contribution is 0.0526. The van der Waals surface area contributed by atoms with Crippen molar-refractivity contribution in [3.8, 4) is 0 Å². The third-order valence-corrected chi connectivity index (χ3v) is 4.96. The maximum absolute atomic E-state index is 11.7. The van der Waals surface area contributed by atoms with E-state index in [1.54, 1.807) is 25.1 Å². The van der Waals surface area contributed by atoms with E-state index in [2.05, 4.69) is 22.8 Å². The predicted molar refractivity (Wildman–Crippen MR) is 114 cm³/mol. The average Bonchev–Trinajstić information content (AvgIpc) is 2.62. The Morgan fingerprint density at radius 3 is 2.69 bits per heavy atom. The molecule has 0 radical (unpaired) electrons. The van der Waals surface area contributed by atoms with Gasteiger partial charge in [0.25, 0.3) is 0 Å². The first kappa shape index (κ1) is 20.6. The van der Waals surface area contributed by atoms with Crippen molar-refractivity contribution < 1.29 is 9.53 Å². The maximum Gasteiger partial charge on any atom is 0.339 e. The monoisotopic (exact) mass is 408 g/mol. The normalized spacial score (nSPS) is 10.2. The fraction of sp³-hybridized carbons (Fsp3) is 0.263. The van der Waals surface area contributed by atoms with E-state index in [1.165, 1.54) is 5.56 Å². The summed E-state index contributed by atoms with van der Waals surface area (Å²) in [5, 5.41) is 7.07. The van der Waals surface area contributed by atoms with Crippen LogP contribution in [0.3, 0.4) is 0 Å². The molecule has 2 rings (SSSR count). The summed E-state index contributed by atoms with van der Waals surface area (Å²) in [5.74, 6) is 1.49. The zero-order valence-corrected chi connectivity index (χ0v) is 16.8. The highest BCUT2D eigenvalue weighted by atomic mass is 35.5. The van der Waals surface area contributed by atoms with Crippen molar-refractivity contribution in [2.24, 2.45) is 0 Å². The number of hydrogen-bond donors (Lipinski definition) is 2. The molecule has 0 saturated carbocycles. The molecule has 26 heavy (non-hydrogen) atoms. The van der Waals surface area contributed by atoms with Gasteiger partial charge in [0.1, 0.15) is 0 Å². The van der Waals surface area contributed by atoms with Crippen molar-refractivity contribution in [1.82, 2.24) is 5.32 Å². The molecule has 0 aliphatic carbocycles. The number of carbonyl (C=O) groups is 1. The molecule has 0 amide bonds. The molecule has 0 aromatic heterocycles. The molecule has 0 unspecified atom stereocenters. The van der Waals surface area contributed by atoms with Gasteiger partial charge in [-0.05, 0) is 42.9 Å². The molecular formula is C19H21ClN2O2S2. The molecule has 0 aliphatic rings. The van der Waals surface area contributed by atoms with Crippen molar-refractivity contribution in [2.75, 3.05) is 24.2 Å². The van der Waals surface area contributed by atoms with Crippen LogP contribution in [0.4, 0.5) is 5.69 Å². The molecule has 0 heterocycles. The number of thioether (sulfide) groups is 1. The first-order valence-electron chi connectivity index (χ1n) is 8.23. The van der Waals surface area contributed by atoms with Crippen molar-refractivity contribution in [2.45, 2.75) is 12.7 Å². The van der Waals surface area contributed by atoms with E-state index in [0.29, 0.717) is 22.3 Å². The lowest BCUT2D eigenvalue weighted by Gasteiger charge is -2.12. The summed E-state index contributed by atoms with van der Waals surface area (Å²) in [5.41, 5.74) is 2.38. The van der Waals surface area contributed by atoms with Gasteiger partial charge in [-0.3, -0.25) is 0 Å². The second-order valence-corrected chi connectivity index (χ2v) is 7.25. The molecule has 4 nitrogen and oxygen atoms in total. The molecule has 138 valence electrons. The molecule has 2 aromatic rings. The van der Waals surface area contributed by atoms with Crippen LogP contribution in [-0.2, 0) is 10.5 Å². The summed E-state index contributed by atoms with van der Waals surface area (Å²) in [7, 11) is 0. The van der Waals surface area contributed by atoms with Gasteiger partial charge in [0.15, 0.2) is 5.11 Å². The number of esters is 1. The van der Waals surface area contributed by atoms with Gasteiger partial charge in [-0.1, -0.05) is 41.9 Å². The summed E-state index contributed by atoms with van der Waals surface area (Å²) < 4.78 is 4.95. The third kappa shape index (κ3) is 6.86. The van der Waals surface area contributed by atoms with Crippen molar-refractivity contribution >= 4 is 52.3 Å². The van der Waals surface area contributed by atoms with E-state index in [9.17, 15) is 4.79 Å². The lowest BCUT2D eigenvalue weighted by Crippen LogP contribution is -2.30. The summed E-state index contributed by atoms with van der Waals surface area (Å²) in [6.45, 7) is 2.83. The van der Waals surface area contributed by atoms with Crippen LogP contribution in [0.2, 0.25) is 5.02 Å². The van der Waals surface area contributed by atoms with Crippen molar-refractivity contribution in [3.05, 3.63) is 64.7 Å². The first-order chi connectivity index (χ1) is 12.6. The average molecular weight is 409 g/mol. The van der Waals surface area contributed by atoms with Gasteiger partial charge >= 0.3 is 5.97 Å². The molecule has 0 spiro atoms. The molecule has 2 N–H and O–H groups in total. The van der Waals surface area contributed by atoms with Crippen molar-refractivity contribution in [3.63, 3.8) is 0 Å². The van der Waals surface area contributed by atoms with Gasteiger partial charge in [-0.25, -0.2) is 4.79 Å². The SMILES string of the molecule is CCOC(=O)c1ccc(NC(=S)NCCSCc2ccccc2)cc1Cl. The molecule has 0 fully saturated rings. The van der Waals surface area contributed by atoms with Gasteiger partial charge in [-0.2, -0.15) is 11.8 Å². The number of benzene rings is 2. The molecule has 7 heteroatoms. The van der Waals surface area contributed by atoms with E-state index in [1.807, 2.05) is 30.0 Å². The van der Waals surface area contributed by atoms with Crippen LogP contribution in [0.1, 0.15) is 22.8 Å². The highest BCUT2D eigenvalue weighted by Crippen LogP contribution is 2.21. The van der Waals surface area contributed by atoms with Crippen LogP contribution in [0.25, 0.3) is 0 Å². The fourth-order valence-corrected chi connectivity index (χ4v) is 3.44. The first-order valence-corrected chi connectivity index (χ1v) is 10.2.